The highest BCUT2D eigenvalue weighted by atomic mass is 35.5. The lowest BCUT2D eigenvalue weighted by Crippen LogP contribution is -2.31. The quantitative estimate of drug-likeness (QED) is 0.287. The summed E-state index contributed by atoms with van der Waals surface area (Å²) in [4.78, 5) is 27.6. The summed E-state index contributed by atoms with van der Waals surface area (Å²) >= 11 is 12.3. The van der Waals surface area contributed by atoms with Gasteiger partial charge in [0.05, 0.1) is 21.7 Å². The van der Waals surface area contributed by atoms with E-state index in [1.54, 1.807) is 30.3 Å². The Balaban J connectivity index is 1.81. The third-order valence-electron chi connectivity index (χ3n) is 5.61. The number of ketones is 1. The van der Waals surface area contributed by atoms with Crippen LogP contribution >= 0.6 is 23.2 Å². The Morgan fingerprint density at radius 3 is 2.28 bits per heavy atom. The molecule has 6 heteroatoms. The second-order valence-electron chi connectivity index (χ2n) is 7.77. The van der Waals surface area contributed by atoms with Gasteiger partial charge < -0.3 is 10.0 Å². The molecule has 0 spiro atoms. The molecule has 1 atom stereocenters. The first-order valence-corrected chi connectivity index (χ1v) is 11.0. The van der Waals surface area contributed by atoms with Gasteiger partial charge >= 0.3 is 0 Å². The number of aliphatic hydroxyl groups is 1. The van der Waals surface area contributed by atoms with E-state index in [9.17, 15) is 14.7 Å². The molecule has 1 fully saturated rings. The molecule has 0 aliphatic carbocycles. The molecule has 4 rings (SSSR count). The molecule has 0 saturated carbocycles. The standard InChI is InChI=1S/C26H21Cl2NO3/c1-16-7-9-18(10-8-16)24(30)22-23(19-11-12-20(27)21(28)15-19)29(26(32)25(22)31)14-13-17-5-3-2-4-6-17/h2-12,15,23,30H,13-14H2,1H3/b24-22+. The zero-order chi connectivity index (χ0) is 22.8. The van der Waals surface area contributed by atoms with Gasteiger partial charge in [0.1, 0.15) is 5.76 Å². The van der Waals surface area contributed by atoms with Crippen molar-refractivity contribution in [2.75, 3.05) is 6.54 Å². The molecule has 0 radical (unpaired) electrons. The number of aryl methyl sites for hydroxylation is 1. The zero-order valence-electron chi connectivity index (χ0n) is 17.4. The van der Waals surface area contributed by atoms with Gasteiger partial charge in [-0.25, -0.2) is 0 Å². The molecule has 32 heavy (non-hydrogen) atoms. The fourth-order valence-corrected chi connectivity index (χ4v) is 4.21. The van der Waals surface area contributed by atoms with Gasteiger partial charge in [-0.15, -0.1) is 0 Å². The minimum Gasteiger partial charge on any atom is -0.507 e. The number of hydrogen-bond acceptors (Lipinski definition) is 3. The Hall–Kier alpha value is -3.08. The first-order chi connectivity index (χ1) is 15.4. The fraction of sp³-hybridized carbons (Fsp3) is 0.154. The van der Waals surface area contributed by atoms with Crippen LogP contribution in [0.15, 0.2) is 78.4 Å². The maximum atomic E-state index is 13.1. The van der Waals surface area contributed by atoms with Gasteiger partial charge in [-0.1, -0.05) is 89.4 Å². The molecule has 1 unspecified atom stereocenters. The van der Waals surface area contributed by atoms with Crippen molar-refractivity contribution in [3.63, 3.8) is 0 Å². The number of carbonyl (C=O) groups is 2. The van der Waals surface area contributed by atoms with E-state index in [2.05, 4.69) is 0 Å². The first-order valence-electron chi connectivity index (χ1n) is 10.2. The van der Waals surface area contributed by atoms with Crippen LogP contribution in [-0.4, -0.2) is 28.2 Å². The van der Waals surface area contributed by atoms with E-state index in [-0.39, 0.29) is 11.3 Å². The van der Waals surface area contributed by atoms with Crippen molar-refractivity contribution in [1.29, 1.82) is 0 Å². The second kappa shape index (κ2) is 9.19. The molecular weight excluding hydrogens is 445 g/mol. The number of Topliss-reactive ketones (excluding diaryl/α,β-unsaturated/α-hetero) is 1. The molecule has 1 aliphatic heterocycles. The van der Waals surface area contributed by atoms with Gasteiger partial charge in [-0.2, -0.15) is 0 Å². The topological polar surface area (TPSA) is 57.6 Å². The highest BCUT2D eigenvalue weighted by molar-refractivity contribution is 6.46. The predicted octanol–water partition coefficient (Wildman–Crippen LogP) is 5.97. The van der Waals surface area contributed by atoms with E-state index in [1.807, 2.05) is 49.4 Å². The first kappa shape index (κ1) is 22.1. The number of hydrogen-bond donors (Lipinski definition) is 1. The van der Waals surface area contributed by atoms with Crippen LogP contribution in [0.5, 0.6) is 0 Å². The molecule has 162 valence electrons. The summed E-state index contributed by atoms with van der Waals surface area (Å²) in [7, 11) is 0. The van der Waals surface area contributed by atoms with Crippen molar-refractivity contribution >= 4 is 40.7 Å². The Kier molecular flexibility index (Phi) is 6.35. The van der Waals surface area contributed by atoms with Crippen molar-refractivity contribution in [2.24, 2.45) is 0 Å². The summed E-state index contributed by atoms with van der Waals surface area (Å²) in [5, 5.41) is 11.8. The second-order valence-corrected chi connectivity index (χ2v) is 8.58. The Bertz CT molecular complexity index is 1200. The molecule has 0 aromatic heterocycles. The minimum absolute atomic E-state index is 0.0466. The highest BCUT2D eigenvalue weighted by Crippen LogP contribution is 2.41. The third-order valence-corrected chi connectivity index (χ3v) is 6.35. The van der Waals surface area contributed by atoms with E-state index >= 15 is 0 Å². The molecule has 1 aliphatic rings. The molecule has 3 aromatic rings. The summed E-state index contributed by atoms with van der Waals surface area (Å²) < 4.78 is 0. The smallest absolute Gasteiger partial charge is 0.295 e. The molecule has 3 aromatic carbocycles. The van der Waals surface area contributed by atoms with Crippen LogP contribution in [-0.2, 0) is 16.0 Å². The van der Waals surface area contributed by atoms with Gasteiger partial charge in [-0.05, 0) is 36.6 Å². The molecule has 1 N–H and O–H groups in total. The summed E-state index contributed by atoms with van der Waals surface area (Å²) in [6, 6.07) is 21.1. The lowest BCUT2D eigenvalue weighted by molar-refractivity contribution is -0.139. The molecule has 0 bridgehead atoms. The maximum Gasteiger partial charge on any atom is 0.295 e. The van der Waals surface area contributed by atoms with E-state index in [0.29, 0.717) is 34.1 Å². The third kappa shape index (κ3) is 4.29. The molecule has 1 amide bonds. The number of aliphatic hydroxyl groups excluding tert-OH is 1. The van der Waals surface area contributed by atoms with E-state index < -0.39 is 17.7 Å². The number of carbonyl (C=O) groups excluding carboxylic acids is 2. The number of halogens is 2. The van der Waals surface area contributed by atoms with Crippen LogP contribution in [0.25, 0.3) is 5.76 Å². The highest BCUT2D eigenvalue weighted by Gasteiger charge is 2.45. The number of nitrogens with zero attached hydrogens (tertiary/aromatic N) is 1. The van der Waals surface area contributed by atoms with Gasteiger partial charge in [0.25, 0.3) is 11.7 Å². The van der Waals surface area contributed by atoms with Crippen LogP contribution in [0.2, 0.25) is 10.0 Å². The Labute approximate surface area is 196 Å². The maximum absolute atomic E-state index is 13.1. The van der Waals surface area contributed by atoms with E-state index in [1.165, 1.54) is 4.90 Å². The number of amides is 1. The van der Waals surface area contributed by atoms with Crippen molar-refractivity contribution in [1.82, 2.24) is 4.90 Å². The number of benzene rings is 3. The SMILES string of the molecule is Cc1ccc(/C(O)=C2\C(=O)C(=O)N(CCc3ccccc3)C2c2ccc(Cl)c(Cl)c2)cc1. The summed E-state index contributed by atoms with van der Waals surface area (Å²) in [5.74, 6) is -1.57. The lowest BCUT2D eigenvalue weighted by atomic mass is 9.95. The zero-order valence-corrected chi connectivity index (χ0v) is 18.9. The van der Waals surface area contributed by atoms with Crippen LogP contribution in [0.3, 0.4) is 0 Å². The molecule has 1 saturated heterocycles. The largest absolute Gasteiger partial charge is 0.507 e. The van der Waals surface area contributed by atoms with Crippen molar-refractivity contribution in [3.05, 3.63) is 111 Å². The van der Waals surface area contributed by atoms with Crippen LogP contribution < -0.4 is 0 Å². The lowest BCUT2D eigenvalue weighted by Gasteiger charge is -2.25. The average molecular weight is 466 g/mol. The number of likely N-dealkylation sites (tertiary alicyclic amines) is 1. The van der Waals surface area contributed by atoms with E-state index in [0.717, 1.165) is 11.1 Å². The summed E-state index contributed by atoms with van der Waals surface area (Å²) in [6.45, 7) is 2.24. The molecular formula is C26H21Cl2NO3. The van der Waals surface area contributed by atoms with Gasteiger partial charge in [-0.3, -0.25) is 9.59 Å². The van der Waals surface area contributed by atoms with Crippen LogP contribution in [0.4, 0.5) is 0 Å². The van der Waals surface area contributed by atoms with Gasteiger partial charge in [0, 0.05) is 12.1 Å². The van der Waals surface area contributed by atoms with Crippen LogP contribution in [0.1, 0.15) is 28.3 Å². The van der Waals surface area contributed by atoms with Crippen LogP contribution in [0, 0.1) is 6.92 Å². The summed E-state index contributed by atoms with van der Waals surface area (Å²) in [6.07, 6.45) is 0.566. The van der Waals surface area contributed by atoms with Crippen molar-refractivity contribution in [2.45, 2.75) is 19.4 Å². The van der Waals surface area contributed by atoms with Crippen molar-refractivity contribution in [3.8, 4) is 0 Å². The molecule has 4 nitrogen and oxygen atoms in total. The molecule has 1 heterocycles. The predicted molar refractivity (Wildman–Crippen MR) is 127 cm³/mol. The fourth-order valence-electron chi connectivity index (χ4n) is 3.90. The number of rotatable bonds is 5. The Morgan fingerprint density at radius 2 is 1.62 bits per heavy atom. The van der Waals surface area contributed by atoms with Crippen molar-refractivity contribution < 1.29 is 14.7 Å². The summed E-state index contributed by atoms with van der Waals surface area (Å²) in [5.41, 5.74) is 3.19. The van der Waals surface area contributed by atoms with Gasteiger partial charge in [0.15, 0.2) is 0 Å². The average Bonchev–Trinajstić information content (AvgIpc) is 3.05. The van der Waals surface area contributed by atoms with Gasteiger partial charge in [0.2, 0.25) is 0 Å². The minimum atomic E-state index is -0.769. The normalized spacial score (nSPS) is 17.7. The monoisotopic (exact) mass is 465 g/mol. The van der Waals surface area contributed by atoms with E-state index in [4.69, 9.17) is 23.2 Å². The Morgan fingerprint density at radius 1 is 0.938 bits per heavy atom.